The Kier molecular flexibility index (Phi) is 6.06. The Morgan fingerprint density at radius 1 is 0.970 bits per heavy atom. The summed E-state index contributed by atoms with van der Waals surface area (Å²) in [6.07, 6.45) is 2.74. The van der Waals surface area contributed by atoms with Crippen molar-refractivity contribution in [1.29, 1.82) is 0 Å². The maximum atomic E-state index is 11.8. The molecule has 3 heteroatoms. The fraction of sp³-hybridized carbons (Fsp3) is 0.333. The molecule has 1 heterocycles. The first-order valence-corrected chi connectivity index (χ1v) is 12.4. The summed E-state index contributed by atoms with van der Waals surface area (Å²) in [4.78, 5) is 0. The van der Waals surface area contributed by atoms with Gasteiger partial charge in [0.25, 0.3) is 0 Å². The van der Waals surface area contributed by atoms with Crippen LogP contribution in [0.1, 0.15) is 48.8 Å². The van der Waals surface area contributed by atoms with E-state index in [-0.39, 0.29) is 0 Å². The summed E-state index contributed by atoms with van der Waals surface area (Å²) in [6.45, 7) is 6.50. The van der Waals surface area contributed by atoms with Crippen LogP contribution in [0.25, 0.3) is 11.1 Å². The van der Waals surface area contributed by atoms with Gasteiger partial charge in [-0.15, -0.1) is 0 Å². The van der Waals surface area contributed by atoms with Gasteiger partial charge >= 0.3 is 0 Å². The number of hydrogen-bond acceptors (Lipinski definition) is 1. The van der Waals surface area contributed by atoms with Crippen LogP contribution in [0.5, 0.6) is 0 Å². The van der Waals surface area contributed by atoms with E-state index in [1.54, 1.807) is 0 Å². The number of rotatable bonds is 5. The number of aliphatic hydroxyl groups is 1. The molecule has 1 aliphatic carbocycles. The van der Waals surface area contributed by atoms with E-state index < -0.39 is 5.60 Å². The van der Waals surface area contributed by atoms with Crippen molar-refractivity contribution in [3.63, 3.8) is 0 Å². The van der Waals surface area contributed by atoms with Crippen LogP contribution in [0.15, 0.2) is 72.8 Å². The smallest absolute Gasteiger partial charge is 0.140 e. The largest absolute Gasteiger partial charge is 0.379 e. The van der Waals surface area contributed by atoms with Gasteiger partial charge in [0.1, 0.15) is 12.1 Å². The first-order chi connectivity index (χ1) is 16.0. The molecular weight excluding hydrogens is 426 g/mol. The summed E-state index contributed by atoms with van der Waals surface area (Å²) in [5.41, 5.74) is 4.50. The molecule has 2 aliphatic rings. The zero-order valence-corrected chi connectivity index (χ0v) is 20.0. The number of fused-ring (bicyclic) bond motifs is 3. The van der Waals surface area contributed by atoms with Crippen LogP contribution < -0.4 is 0 Å². The molecule has 2 nitrogen and oxygen atoms in total. The maximum absolute atomic E-state index is 11.8. The standard InChI is InChI=1S/C30H31ClNO/c1-2-18-32(20-16-24(22-32)23-10-9-11-25(31)21-23)19-8-7-17-30(33)28-14-5-3-12-26(28)27-13-4-6-15-29(27)30/h3-6,9-15,21,24,33H,2,16-20,22H2,1H3/q+1. The molecule has 0 amide bonds. The minimum Gasteiger partial charge on any atom is -0.379 e. The Morgan fingerprint density at radius 3 is 2.33 bits per heavy atom. The summed E-state index contributed by atoms with van der Waals surface area (Å²) in [7, 11) is 0. The van der Waals surface area contributed by atoms with E-state index in [9.17, 15) is 5.11 Å². The van der Waals surface area contributed by atoms with Gasteiger partial charge in [0, 0.05) is 23.8 Å². The van der Waals surface area contributed by atoms with Gasteiger partial charge in [-0.05, 0) is 52.3 Å². The lowest BCUT2D eigenvalue weighted by Gasteiger charge is -2.32. The number of halogens is 1. The van der Waals surface area contributed by atoms with Gasteiger partial charge in [-0.3, -0.25) is 0 Å². The van der Waals surface area contributed by atoms with Crippen LogP contribution in [0.4, 0.5) is 0 Å². The van der Waals surface area contributed by atoms with Crippen molar-refractivity contribution in [3.05, 3.63) is 94.5 Å². The van der Waals surface area contributed by atoms with E-state index in [1.807, 2.05) is 42.5 Å². The van der Waals surface area contributed by atoms with Crippen LogP contribution >= 0.6 is 11.6 Å². The zero-order chi connectivity index (χ0) is 22.9. The van der Waals surface area contributed by atoms with Gasteiger partial charge in [0.2, 0.25) is 0 Å². The first-order valence-electron chi connectivity index (χ1n) is 12.0. The number of nitrogens with zero attached hydrogens (tertiary/aromatic N) is 1. The van der Waals surface area contributed by atoms with Crippen molar-refractivity contribution in [2.24, 2.45) is 0 Å². The summed E-state index contributed by atoms with van der Waals surface area (Å²) in [5.74, 6) is 7.41. The van der Waals surface area contributed by atoms with Gasteiger partial charge in [-0.2, -0.15) is 0 Å². The predicted octanol–water partition coefficient (Wildman–Crippen LogP) is 6.36. The van der Waals surface area contributed by atoms with E-state index in [2.05, 4.69) is 49.1 Å². The molecule has 1 aliphatic heterocycles. The molecule has 0 aromatic heterocycles. The molecule has 2 unspecified atom stereocenters. The van der Waals surface area contributed by atoms with E-state index in [0.29, 0.717) is 12.3 Å². The molecule has 1 N–H and O–H groups in total. The molecule has 5 rings (SSSR count). The van der Waals surface area contributed by atoms with Crippen molar-refractivity contribution in [1.82, 2.24) is 0 Å². The molecule has 1 fully saturated rings. The highest BCUT2D eigenvalue weighted by Gasteiger charge is 2.41. The summed E-state index contributed by atoms with van der Waals surface area (Å²) in [5, 5.41) is 12.6. The van der Waals surface area contributed by atoms with E-state index in [4.69, 9.17) is 11.6 Å². The normalized spacial score (nSPS) is 22.3. The highest BCUT2D eigenvalue weighted by atomic mass is 35.5. The molecule has 1 saturated heterocycles. The first kappa shape index (κ1) is 22.2. The summed E-state index contributed by atoms with van der Waals surface area (Å²) < 4.78 is 1.03. The summed E-state index contributed by atoms with van der Waals surface area (Å²) >= 11 is 6.25. The minimum atomic E-state index is -1.04. The molecule has 0 bridgehead atoms. The quantitative estimate of drug-likeness (QED) is 0.349. The SMILES string of the molecule is CCC[N+]1(CC#CCC2(O)c3ccccc3-c3ccccc32)CCC(c2cccc(Cl)c2)C1. The molecule has 33 heavy (non-hydrogen) atoms. The van der Waals surface area contributed by atoms with Crippen molar-refractivity contribution in [2.45, 2.75) is 37.7 Å². The Morgan fingerprint density at radius 2 is 1.67 bits per heavy atom. The maximum Gasteiger partial charge on any atom is 0.140 e. The highest BCUT2D eigenvalue weighted by molar-refractivity contribution is 6.30. The number of quaternary nitrogens is 1. The second-order valence-corrected chi connectivity index (χ2v) is 10.1. The third-order valence-corrected chi connectivity index (χ3v) is 7.73. The van der Waals surface area contributed by atoms with Gasteiger partial charge in [0.05, 0.1) is 19.6 Å². The topological polar surface area (TPSA) is 20.2 Å². The lowest BCUT2D eigenvalue weighted by Crippen LogP contribution is -2.46. The van der Waals surface area contributed by atoms with Crippen molar-refractivity contribution < 1.29 is 9.59 Å². The average molecular weight is 457 g/mol. The van der Waals surface area contributed by atoms with Crippen LogP contribution in [-0.4, -0.2) is 35.8 Å². The van der Waals surface area contributed by atoms with Crippen molar-refractivity contribution >= 4 is 11.6 Å². The summed E-state index contributed by atoms with van der Waals surface area (Å²) in [6, 6.07) is 24.7. The molecule has 0 saturated carbocycles. The van der Waals surface area contributed by atoms with Crippen LogP contribution in [0, 0.1) is 11.8 Å². The fourth-order valence-corrected chi connectivity index (χ4v) is 6.12. The monoisotopic (exact) mass is 456 g/mol. The molecule has 168 valence electrons. The predicted molar refractivity (Wildman–Crippen MR) is 136 cm³/mol. The van der Waals surface area contributed by atoms with Gasteiger partial charge in [0.15, 0.2) is 0 Å². The van der Waals surface area contributed by atoms with Gasteiger partial charge in [-0.1, -0.05) is 85.1 Å². The minimum absolute atomic E-state index is 0.422. The number of likely N-dealkylation sites (tertiary alicyclic amines) is 1. The van der Waals surface area contributed by atoms with E-state index in [0.717, 1.165) is 64.4 Å². The molecular formula is C30H31ClNO+. The second-order valence-electron chi connectivity index (χ2n) is 9.65. The van der Waals surface area contributed by atoms with Gasteiger partial charge < -0.3 is 9.59 Å². The van der Waals surface area contributed by atoms with Crippen LogP contribution in [0.2, 0.25) is 5.02 Å². The van der Waals surface area contributed by atoms with Gasteiger partial charge in [-0.25, -0.2) is 0 Å². The van der Waals surface area contributed by atoms with E-state index in [1.165, 1.54) is 12.0 Å². The van der Waals surface area contributed by atoms with Crippen LogP contribution in [-0.2, 0) is 5.60 Å². The third kappa shape index (κ3) is 4.11. The lowest BCUT2D eigenvalue weighted by atomic mass is 9.88. The Labute approximate surface area is 202 Å². The average Bonchev–Trinajstić information content (AvgIpc) is 3.36. The molecule has 3 aromatic carbocycles. The van der Waals surface area contributed by atoms with Crippen LogP contribution in [0.3, 0.4) is 0 Å². The number of benzene rings is 3. The fourth-order valence-electron chi connectivity index (χ4n) is 5.92. The molecule has 0 spiro atoms. The molecule has 0 radical (unpaired) electrons. The second kappa shape index (κ2) is 8.99. The highest BCUT2D eigenvalue weighted by Crippen LogP contribution is 2.48. The third-order valence-electron chi connectivity index (χ3n) is 7.50. The van der Waals surface area contributed by atoms with Crippen molar-refractivity contribution in [2.75, 3.05) is 26.2 Å². The Bertz CT molecular complexity index is 1180. The molecule has 2 atom stereocenters. The lowest BCUT2D eigenvalue weighted by molar-refractivity contribution is -0.910. The Balaban J connectivity index is 1.35. The zero-order valence-electron chi connectivity index (χ0n) is 19.2. The number of hydrogen-bond donors (Lipinski definition) is 1. The Hall–Kier alpha value is -2.57. The van der Waals surface area contributed by atoms with Crippen molar-refractivity contribution in [3.8, 4) is 23.0 Å². The van der Waals surface area contributed by atoms with E-state index >= 15 is 0 Å². The molecule has 3 aromatic rings.